The van der Waals surface area contributed by atoms with Gasteiger partial charge in [-0.05, 0) is 5.56 Å². The molecule has 0 aliphatic heterocycles. The number of carbonyl (C=O) groups excluding carboxylic acids is 1. The Morgan fingerprint density at radius 2 is 2.12 bits per heavy atom. The maximum atomic E-state index is 11.5. The molecule has 4 heteroatoms. The lowest BCUT2D eigenvalue weighted by atomic mass is 10.1. The zero-order valence-electron chi connectivity index (χ0n) is 9.48. The molecule has 1 amide bonds. The van der Waals surface area contributed by atoms with E-state index in [9.17, 15) is 4.79 Å². The second-order valence-corrected chi connectivity index (χ2v) is 3.51. The topological polar surface area (TPSA) is 64.3 Å². The SMILES string of the molecule is COCCC(=O)N[C@H](CN)c1ccccc1. The Bertz CT molecular complexity index is 314. The van der Waals surface area contributed by atoms with E-state index in [1.54, 1.807) is 7.11 Å². The summed E-state index contributed by atoms with van der Waals surface area (Å²) in [6.45, 7) is 0.820. The lowest BCUT2D eigenvalue weighted by molar-refractivity contribution is -0.122. The van der Waals surface area contributed by atoms with Crippen LogP contribution >= 0.6 is 0 Å². The number of methoxy groups -OCH3 is 1. The van der Waals surface area contributed by atoms with Crippen LogP contribution in [0.15, 0.2) is 30.3 Å². The fraction of sp³-hybridized carbons (Fsp3) is 0.417. The van der Waals surface area contributed by atoms with E-state index in [-0.39, 0.29) is 11.9 Å². The number of nitrogens with one attached hydrogen (secondary N) is 1. The van der Waals surface area contributed by atoms with Crippen LogP contribution in [-0.4, -0.2) is 26.2 Å². The number of hydrogen-bond acceptors (Lipinski definition) is 3. The van der Waals surface area contributed by atoms with Crippen LogP contribution in [0.25, 0.3) is 0 Å². The molecule has 1 aromatic rings. The molecular weight excluding hydrogens is 204 g/mol. The summed E-state index contributed by atoms with van der Waals surface area (Å²) in [6.07, 6.45) is 0.361. The van der Waals surface area contributed by atoms with Crippen LogP contribution in [0.2, 0.25) is 0 Å². The molecule has 1 atom stereocenters. The van der Waals surface area contributed by atoms with Crippen LogP contribution in [0.4, 0.5) is 0 Å². The summed E-state index contributed by atoms with van der Waals surface area (Å²) in [4.78, 5) is 11.5. The van der Waals surface area contributed by atoms with Gasteiger partial charge in [-0.2, -0.15) is 0 Å². The minimum atomic E-state index is -0.120. The number of hydrogen-bond donors (Lipinski definition) is 2. The van der Waals surface area contributed by atoms with E-state index >= 15 is 0 Å². The summed E-state index contributed by atoms with van der Waals surface area (Å²) < 4.78 is 4.84. The van der Waals surface area contributed by atoms with Gasteiger partial charge in [0, 0.05) is 20.1 Å². The molecule has 0 fully saturated rings. The fourth-order valence-electron chi connectivity index (χ4n) is 1.42. The number of benzene rings is 1. The number of ether oxygens (including phenoxy) is 1. The highest BCUT2D eigenvalue weighted by Gasteiger charge is 2.11. The zero-order chi connectivity index (χ0) is 11.8. The van der Waals surface area contributed by atoms with Crippen molar-refractivity contribution >= 4 is 5.91 Å². The molecule has 0 radical (unpaired) electrons. The third-order valence-corrected chi connectivity index (χ3v) is 2.31. The Balaban J connectivity index is 2.52. The molecule has 0 aliphatic rings. The Morgan fingerprint density at radius 1 is 1.44 bits per heavy atom. The maximum Gasteiger partial charge on any atom is 0.222 e. The molecule has 0 aromatic heterocycles. The molecule has 4 nitrogen and oxygen atoms in total. The van der Waals surface area contributed by atoms with E-state index in [2.05, 4.69) is 5.32 Å². The summed E-state index contributed by atoms with van der Waals surface area (Å²) in [5, 5.41) is 2.87. The van der Waals surface area contributed by atoms with Crippen molar-refractivity contribution in [2.75, 3.05) is 20.3 Å². The molecule has 0 heterocycles. The van der Waals surface area contributed by atoms with E-state index in [0.29, 0.717) is 19.6 Å². The van der Waals surface area contributed by atoms with Gasteiger partial charge in [0.15, 0.2) is 0 Å². The first-order chi connectivity index (χ1) is 7.77. The molecule has 0 unspecified atom stereocenters. The molecule has 0 spiro atoms. The summed E-state index contributed by atoms with van der Waals surface area (Å²) in [5.41, 5.74) is 6.66. The second kappa shape index (κ2) is 6.98. The van der Waals surface area contributed by atoms with E-state index < -0.39 is 0 Å². The van der Waals surface area contributed by atoms with Gasteiger partial charge in [0.25, 0.3) is 0 Å². The average molecular weight is 222 g/mol. The van der Waals surface area contributed by atoms with Crippen LogP contribution in [-0.2, 0) is 9.53 Å². The predicted octanol–water partition coefficient (Wildman–Crippen LogP) is 0.839. The average Bonchev–Trinajstić information content (AvgIpc) is 2.34. The van der Waals surface area contributed by atoms with Gasteiger partial charge in [0.2, 0.25) is 5.91 Å². The Kier molecular flexibility index (Phi) is 5.53. The predicted molar refractivity (Wildman–Crippen MR) is 62.9 cm³/mol. The molecule has 0 aliphatic carbocycles. The van der Waals surface area contributed by atoms with Crippen molar-refractivity contribution in [2.24, 2.45) is 5.73 Å². The van der Waals surface area contributed by atoms with Gasteiger partial charge in [-0.3, -0.25) is 4.79 Å². The van der Waals surface area contributed by atoms with Gasteiger partial charge in [-0.1, -0.05) is 30.3 Å². The van der Waals surface area contributed by atoms with Crippen molar-refractivity contribution < 1.29 is 9.53 Å². The Morgan fingerprint density at radius 3 is 2.69 bits per heavy atom. The van der Waals surface area contributed by atoms with Crippen LogP contribution in [0.3, 0.4) is 0 Å². The van der Waals surface area contributed by atoms with Gasteiger partial charge in [0.05, 0.1) is 12.6 Å². The van der Waals surface area contributed by atoms with Gasteiger partial charge in [-0.25, -0.2) is 0 Å². The first kappa shape index (κ1) is 12.7. The van der Waals surface area contributed by atoms with Gasteiger partial charge in [0.1, 0.15) is 0 Å². The monoisotopic (exact) mass is 222 g/mol. The normalized spacial score (nSPS) is 12.1. The lowest BCUT2D eigenvalue weighted by Crippen LogP contribution is -2.33. The lowest BCUT2D eigenvalue weighted by Gasteiger charge is -2.17. The quantitative estimate of drug-likeness (QED) is 0.749. The highest BCUT2D eigenvalue weighted by Crippen LogP contribution is 2.10. The molecule has 1 aromatic carbocycles. The fourth-order valence-corrected chi connectivity index (χ4v) is 1.42. The molecule has 0 saturated carbocycles. The van der Waals surface area contributed by atoms with E-state index in [1.807, 2.05) is 30.3 Å². The third-order valence-electron chi connectivity index (χ3n) is 2.31. The van der Waals surface area contributed by atoms with E-state index in [1.165, 1.54) is 0 Å². The second-order valence-electron chi connectivity index (χ2n) is 3.51. The van der Waals surface area contributed by atoms with Crippen LogP contribution < -0.4 is 11.1 Å². The first-order valence-corrected chi connectivity index (χ1v) is 5.31. The molecule has 3 N–H and O–H groups in total. The van der Waals surface area contributed by atoms with Crippen molar-refractivity contribution in [3.05, 3.63) is 35.9 Å². The van der Waals surface area contributed by atoms with E-state index in [4.69, 9.17) is 10.5 Å². The highest BCUT2D eigenvalue weighted by atomic mass is 16.5. The summed E-state index contributed by atoms with van der Waals surface area (Å²) in [7, 11) is 1.57. The van der Waals surface area contributed by atoms with Gasteiger partial charge >= 0.3 is 0 Å². The number of amides is 1. The van der Waals surface area contributed by atoms with Crippen molar-refractivity contribution in [3.8, 4) is 0 Å². The third kappa shape index (κ3) is 4.00. The van der Waals surface area contributed by atoms with Gasteiger partial charge < -0.3 is 15.8 Å². The minimum absolute atomic E-state index is 0.0406. The largest absolute Gasteiger partial charge is 0.384 e. The van der Waals surface area contributed by atoms with Crippen LogP contribution in [0.5, 0.6) is 0 Å². The van der Waals surface area contributed by atoms with Crippen molar-refractivity contribution in [1.29, 1.82) is 0 Å². The highest BCUT2D eigenvalue weighted by molar-refractivity contribution is 5.76. The molecule has 16 heavy (non-hydrogen) atoms. The van der Waals surface area contributed by atoms with E-state index in [0.717, 1.165) is 5.56 Å². The van der Waals surface area contributed by atoms with Crippen LogP contribution in [0, 0.1) is 0 Å². The number of rotatable bonds is 6. The Labute approximate surface area is 95.8 Å². The van der Waals surface area contributed by atoms with Crippen molar-refractivity contribution in [2.45, 2.75) is 12.5 Å². The summed E-state index contributed by atoms with van der Waals surface area (Å²) >= 11 is 0. The summed E-state index contributed by atoms with van der Waals surface area (Å²) in [5.74, 6) is -0.0406. The van der Waals surface area contributed by atoms with Crippen LogP contribution in [0.1, 0.15) is 18.0 Å². The number of nitrogens with two attached hydrogens (primary N) is 1. The molecule has 0 saturated heterocycles. The number of carbonyl (C=O) groups is 1. The van der Waals surface area contributed by atoms with Gasteiger partial charge in [-0.15, -0.1) is 0 Å². The maximum absolute atomic E-state index is 11.5. The van der Waals surface area contributed by atoms with Crippen molar-refractivity contribution in [1.82, 2.24) is 5.32 Å². The first-order valence-electron chi connectivity index (χ1n) is 5.31. The smallest absolute Gasteiger partial charge is 0.222 e. The molecule has 0 bridgehead atoms. The molecular formula is C12H18N2O2. The zero-order valence-corrected chi connectivity index (χ0v) is 9.48. The summed E-state index contributed by atoms with van der Waals surface area (Å²) in [6, 6.07) is 9.58. The minimum Gasteiger partial charge on any atom is -0.384 e. The Hall–Kier alpha value is -1.39. The molecule has 88 valence electrons. The van der Waals surface area contributed by atoms with Crippen molar-refractivity contribution in [3.63, 3.8) is 0 Å². The standard InChI is InChI=1S/C12H18N2O2/c1-16-8-7-12(15)14-11(9-13)10-5-3-2-4-6-10/h2-6,11H,7-9,13H2,1H3,(H,14,15)/t11-/m1/s1. The molecule has 1 rings (SSSR count).